The second-order valence-corrected chi connectivity index (χ2v) is 5.76. The molecule has 1 unspecified atom stereocenters. The molecular weight excluding hydrogens is 264 g/mol. The lowest BCUT2D eigenvalue weighted by Gasteiger charge is -2.13. The number of halogens is 2. The monoisotopic (exact) mass is 279 g/mol. The average Bonchev–Trinajstić information content (AvgIpc) is 2.42. The van der Waals surface area contributed by atoms with E-state index in [1.165, 1.54) is 17.8 Å². The molecule has 1 N–H and O–H groups in total. The van der Waals surface area contributed by atoms with Crippen molar-refractivity contribution in [2.45, 2.75) is 17.1 Å². The van der Waals surface area contributed by atoms with Gasteiger partial charge in [0.05, 0.1) is 0 Å². The molecule has 2 rings (SSSR count). The topological polar surface area (TPSA) is 12.0 Å². The van der Waals surface area contributed by atoms with Crippen molar-refractivity contribution in [3.63, 3.8) is 0 Å². The lowest BCUT2D eigenvalue weighted by atomic mass is 10.3. The summed E-state index contributed by atoms with van der Waals surface area (Å²) in [4.78, 5) is 0.737. The van der Waals surface area contributed by atoms with Crippen LogP contribution in [0.15, 0.2) is 53.4 Å². The molecule has 0 aliphatic heterocycles. The maximum absolute atomic E-state index is 13.1. The van der Waals surface area contributed by atoms with Crippen LogP contribution in [0.2, 0.25) is 0 Å². The van der Waals surface area contributed by atoms with Crippen molar-refractivity contribution in [3.05, 3.63) is 60.2 Å². The van der Waals surface area contributed by atoms with Crippen LogP contribution in [-0.2, 0) is 0 Å². The molecule has 0 saturated heterocycles. The fraction of sp³-hybridized carbons (Fsp3) is 0.200. The van der Waals surface area contributed by atoms with Crippen LogP contribution in [-0.4, -0.2) is 11.8 Å². The summed E-state index contributed by atoms with van der Waals surface area (Å²) in [5, 5.41) is 3.56. The number of benzene rings is 2. The van der Waals surface area contributed by atoms with Gasteiger partial charge in [0, 0.05) is 22.4 Å². The van der Waals surface area contributed by atoms with Gasteiger partial charge >= 0.3 is 0 Å². The average molecular weight is 279 g/mol. The number of hydrogen-bond donors (Lipinski definition) is 1. The van der Waals surface area contributed by atoms with Gasteiger partial charge in [-0.05, 0) is 30.3 Å². The van der Waals surface area contributed by atoms with Crippen LogP contribution in [0.3, 0.4) is 0 Å². The molecule has 0 bridgehead atoms. The summed E-state index contributed by atoms with van der Waals surface area (Å²) < 4.78 is 25.9. The first-order chi connectivity index (χ1) is 9.15. The third kappa shape index (κ3) is 4.24. The standard InChI is InChI=1S/C15H15F2NS/c1-11(10-18-12-5-3-2-4-6-12)19-13-7-8-14(16)15(17)9-13/h2-9,11,18H,10H2,1H3. The molecule has 0 aliphatic rings. The minimum Gasteiger partial charge on any atom is -0.384 e. The number of para-hydroxylation sites is 1. The highest BCUT2D eigenvalue weighted by atomic mass is 32.2. The summed E-state index contributed by atoms with van der Waals surface area (Å²) in [7, 11) is 0. The molecule has 0 heterocycles. The van der Waals surface area contributed by atoms with Crippen molar-refractivity contribution in [1.29, 1.82) is 0 Å². The Labute approximate surface area is 116 Å². The number of rotatable bonds is 5. The Balaban J connectivity index is 1.87. The zero-order chi connectivity index (χ0) is 13.7. The smallest absolute Gasteiger partial charge is 0.159 e. The molecule has 0 fully saturated rings. The van der Waals surface area contributed by atoms with Crippen molar-refractivity contribution in [2.75, 3.05) is 11.9 Å². The van der Waals surface area contributed by atoms with Gasteiger partial charge in [-0.2, -0.15) is 0 Å². The molecule has 0 spiro atoms. The maximum atomic E-state index is 13.1. The lowest BCUT2D eigenvalue weighted by molar-refractivity contribution is 0.506. The highest BCUT2D eigenvalue weighted by Crippen LogP contribution is 2.25. The van der Waals surface area contributed by atoms with Gasteiger partial charge in [-0.1, -0.05) is 25.1 Å². The molecule has 1 nitrogen and oxygen atoms in total. The molecular formula is C15H15F2NS. The van der Waals surface area contributed by atoms with Crippen LogP contribution in [0, 0.1) is 11.6 Å². The third-order valence-electron chi connectivity index (χ3n) is 2.60. The van der Waals surface area contributed by atoms with E-state index in [4.69, 9.17) is 0 Å². The van der Waals surface area contributed by atoms with E-state index in [9.17, 15) is 8.78 Å². The van der Waals surface area contributed by atoms with Gasteiger partial charge in [0.25, 0.3) is 0 Å². The van der Waals surface area contributed by atoms with Crippen molar-refractivity contribution in [1.82, 2.24) is 0 Å². The lowest BCUT2D eigenvalue weighted by Crippen LogP contribution is -2.12. The van der Waals surface area contributed by atoms with E-state index in [2.05, 4.69) is 5.32 Å². The van der Waals surface area contributed by atoms with E-state index in [0.717, 1.165) is 23.2 Å². The van der Waals surface area contributed by atoms with Gasteiger partial charge in [-0.3, -0.25) is 0 Å². The molecule has 4 heteroatoms. The molecule has 0 aromatic heterocycles. The van der Waals surface area contributed by atoms with Crippen LogP contribution < -0.4 is 5.32 Å². The van der Waals surface area contributed by atoms with Gasteiger partial charge in [0.15, 0.2) is 11.6 Å². The third-order valence-corrected chi connectivity index (χ3v) is 3.69. The minimum absolute atomic E-state index is 0.255. The van der Waals surface area contributed by atoms with Gasteiger partial charge in [-0.25, -0.2) is 8.78 Å². The quantitative estimate of drug-likeness (QED) is 0.805. The fourth-order valence-electron chi connectivity index (χ4n) is 1.64. The van der Waals surface area contributed by atoms with Crippen molar-refractivity contribution in [3.8, 4) is 0 Å². The van der Waals surface area contributed by atoms with Gasteiger partial charge < -0.3 is 5.32 Å². The van der Waals surface area contributed by atoms with E-state index in [0.29, 0.717) is 0 Å². The number of nitrogens with one attached hydrogen (secondary N) is 1. The number of anilines is 1. The van der Waals surface area contributed by atoms with E-state index < -0.39 is 11.6 Å². The Morgan fingerprint density at radius 1 is 1.05 bits per heavy atom. The van der Waals surface area contributed by atoms with Crippen LogP contribution in [0.4, 0.5) is 14.5 Å². The maximum Gasteiger partial charge on any atom is 0.159 e. The molecule has 1 atom stereocenters. The summed E-state index contributed by atoms with van der Waals surface area (Å²) in [5.74, 6) is -1.60. The normalized spacial score (nSPS) is 12.2. The zero-order valence-electron chi connectivity index (χ0n) is 10.6. The highest BCUT2D eigenvalue weighted by molar-refractivity contribution is 8.00. The van der Waals surface area contributed by atoms with E-state index in [1.807, 2.05) is 37.3 Å². The predicted molar refractivity (Wildman–Crippen MR) is 76.6 cm³/mol. The first kappa shape index (κ1) is 13.9. The summed E-state index contributed by atoms with van der Waals surface area (Å²) >= 11 is 1.52. The van der Waals surface area contributed by atoms with E-state index in [-0.39, 0.29) is 5.25 Å². The molecule has 0 aliphatic carbocycles. The van der Waals surface area contributed by atoms with E-state index in [1.54, 1.807) is 6.07 Å². The zero-order valence-corrected chi connectivity index (χ0v) is 11.4. The summed E-state index contributed by atoms with van der Waals surface area (Å²) in [6, 6.07) is 13.9. The number of hydrogen-bond acceptors (Lipinski definition) is 2. The van der Waals surface area contributed by atoms with Crippen LogP contribution >= 0.6 is 11.8 Å². The van der Waals surface area contributed by atoms with Crippen molar-refractivity contribution in [2.24, 2.45) is 0 Å². The van der Waals surface area contributed by atoms with Gasteiger partial charge in [0.1, 0.15) is 0 Å². The molecule has 2 aromatic carbocycles. The van der Waals surface area contributed by atoms with Crippen LogP contribution in [0.25, 0.3) is 0 Å². The Morgan fingerprint density at radius 3 is 2.47 bits per heavy atom. The molecule has 2 aromatic rings. The highest BCUT2D eigenvalue weighted by Gasteiger charge is 2.07. The summed E-state index contributed by atoms with van der Waals surface area (Å²) in [6.45, 7) is 2.80. The van der Waals surface area contributed by atoms with Crippen molar-refractivity contribution < 1.29 is 8.78 Å². The predicted octanol–water partition coefficient (Wildman–Crippen LogP) is 4.56. The second kappa shape index (κ2) is 6.57. The Morgan fingerprint density at radius 2 is 1.79 bits per heavy atom. The first-order valence-electron chi connectivity index (χ1n) is 6.06. The van der Waals surface area contributed by atoms with Crippen LogP contribution in [0.1, 0.15) is 6.92 Å². The molecule has 0 saturated carbocycles. The Hall–Kier alpha value is -1.55. The first-order valence-corrected chi connectivity index (χ1v) is 6.94. The fourth-order valence-corrected chi connectivity index (χ4v) is 2.59. The molecule has 19 heavy (non-hydrogen) atoms. The number of thioether (sulfide) groups is 1. The second-order valence-electron chi connectivity index (χ2n) is 4.25. The van der Waals surface area contributed by atoms with Gasteiger partial charge in [-0.15, -0.1) is 11.8 Å². The molecule has 0 radical (unpaired) electrons. The van der Waals surface area contributed by atoms with E-state index >= 15 is 0 Å². The van der Waals surface area contributed by atoms with Gasteiger partial charge in [0.2, 0.25) is 0 Å². The summed E-state index contributed by atoms with van der Waals surface area (Å²) in [5.41, 5.74) is 1.06. The summed E-state index contributed by atoms with van der Waals surface area (Å²) in [6.07, 6.45) is 0. The molecule has 0 amide bonds. The SMILES string of the molecule is CC(CNc1ccccc1)Sc1ccc(F)c(F)c1. The van der Waals surface area contributed by atoms with Crippen LogP contribution in [0.5, 0.6) is 0 Å². The van der Waals surface area contributed by atoms with Crippen molar-refractivity contribution >= 4 is 17.4 Å². The molecule has 100 valence electrons. The Bertz CT molecular complexity index is 531. The largest absolute Gasteiger partial charge is 0.384 e. The Kier molecular flexibility index (Phi) is 4.80. The minimum atomic E-state index is -0.806.